The van der Waals surface area contributed by atoms with Crippen LogP contribution in [0.15, 0.2) is 41.3 Å². The first kappa shape index (κ1) is 15.1. The molecule has 0 bridgehead atoms. The molecule has 0 radical (unpaired) electrons. The number of thioether (sulfide) groups is 1. The summed E-state index contributed by atoms with van der Waals surface area (Å²) in [7, 11) is 0. The van der Waals surface area contributed by atoms with Gasteiger partial charge >= 0.3 is 0 Å². The third-order valence-corrected chi connectivity index (χ3v) is 4.29. The molecule has 2 rings (SSSR count). The van der Waals surface area contributed by atoms with E-state index in [-0.39, 0.29) is 18.3 Å². The van der Waals surface area contributed by atoms with Crippen molar-refractivity contribution in [1.29, 1.82) is 0 Å². The molecule has 0 nitrogen and oxygen atoms in total. The summed E-state index contributed by atoms with van der Waals surface area (Å²) < 4.78 is 27.1. The predicted molar refractivity (Wildman–Crippen MR) is 84.2 cm³/mol. The van der Waals surface area contributed by atoms with Crippen molar-refractivity contribution >= 4 is 23.9 Å². The van der Waals surface area contributed by atoms with Crippen LogP contribution in [0.3, 0.4) is 0 Å². The molecular weight excluding hydrogens is 273 g/mol. The van der Waals surface area contributed by atoms with Crippen molar-refractivity contribution in [2.45, 2.75) is 31.2 Å². The fourth-order valence-corrected chi connectivity index (χ4v) is 2.89. The van der Waals surface area contributed by atoms with Crippen molar-refractivity contribution in [2.24, 2.45) is 0 Å². The predicted octanol–water partition coefficient (Wildman–Crippen LogP) is 4.53. The largest absolute Gasteiger partial charge is 0.208 e. The molecule has 0 aliphatic carbocycles. The number of rotatable bonds is 4. The Hall–Kier alpha value is -1.29. The minimum Gasteiger partial charge on any atom is -0.208 e. The van der Waals surface area contributed by atoms with Crippen LogP contribution in [0.25, 0.3) is 0 Å². The van der Waals surface area contributed by atoms with Crippen LogP contribution in [-0.4, -0.2) is 6.71 Å². The standard InChI is InChI=1S/C16H17BF2S/c1-11-8-12(4-7-15(11)18)10-20-13-5-6-14(17(2)3)16(19)9-13/h4-9H,10H2,1-3H3. The summed E-state index contributed by atoms with van der Waals surface area (Å²) in [5.74, 6) is 0.369. The van der Waals surface area contributed by atoms with Gasteiger partial charge in [-0.3, -0.25) is 0 Å². The molecule has 0 N–H and O–H groups in total. The van der Waals surface area contributed by atoms with Crippen LogP contribution in [-0.2, 0) is 5.75 Å². The van der Waals surface area contributed by atoms with Crippen molar-refractivity contribution in [1.82, 2.24) is 0 Å². The summed E-state index contributed by atoms with van der Waals surface area (Å²) in [6.07, 6.45) is 0. The minimum atomic E-state index is -0.189. The van der Waals surface area contributed by atoms with Gasteiger partial charge in [-0.25, -0.2) is 8.78 Å². The van der Waals surface area contributed by atoms with Crippen LogP contribution in [0.2, 0.25) is 13.6 Å². The molecule has 0 spiro atoms. The van der Waals surface area contributed by atoms with E-state index in [0.29, 0.717) is 11.3 Å². The Labute approximate surface area is 123 Å². The maximum absolute atomic E-state index is 13.9. The van der Waals surface area contributed by atoms with Gasteiger partial charge in [-0.1, -0.05) is 31.8 Å². The molecule has 0 fully saturated rings. The minimum absolute atomic E-state index is 0.153. The summed E-state index contributed by atoms with van der Waals surface area (Å²) >= 11 is 1.56. The van der Waals surface area contributed by atoms with E-state index >= 15 is 0 Å². The smallest absolute Gasteiger partial charge is 0.173 e. The zero-order valence-corrected chi connectivity index (χ0v) is 12.7. The van der Waals surface area contributed by atoms with Crippen LogP contribution in [0.5, 0.6) is 0 Å². The lowest BCUT2D eigenvalue weighted by Gasteiger charge is -2.08. The second-order valence-corrected chi connectivity index (χ2v) is 6.26. The highest BCUT2D eigenvalue weighted by molar-refractivity contribution is 7.98. The Morgan fingerprint density at radius 1 is 1.00 bits per heavy atom. The Kier molecular flexibility index (Phi) is 4.87. The number of hydrogen-bond acceptors (Lipinski definition) is 1. The van der Waals surface area contributed by atoms with Gasteiger partial charge in [0.15, 0.2) is 6.71 Å². The lowest BCUT2D eigenvalue weighted by Crippen LogP contribution is -2.25. The first-order valence-corrected chi connectivity index (χ1v) is 7.63. The third-order valence-electron chi connectivity index (χ3n) is 3.22. The van der Waals surface area contributed by atoms with Gasteiger partial charge in [0.25, 0.3) is 0 Å². The summed E-state index contributed by atoms with van der Waals surface area (Å²) in [4.78, 5) is 0.897. The normalized spacial score (nSPS) is 10.7. The summed E-state index contributed by atoms with van der Waals surface area (Å²) in [6.45, 7) is 5.90. The molecule has 0 aliphatic rings. The van der Waals surface area contributed by atoms with E-state index in [9.17, 15) is 8.78 Å². The molecule has 0 aromatic heterocycles. The van der Waals surface area contributed by atoms with Crippen molar-refractivity contribution in [3.63, 3.8) is 0 Å². The first-order chi connectivity index (χ1) is 9.47. The van der Waals surface area contributed by atoms with E-state index in [1.165, 1.54) is 6.07 Å². The molecule has 0 unspecified atom stereocenters. The van der Waals surface area contributed by atoms with Crippen molar-refractivity contribution in [3.05, 3.63) is 59.2 Å². The Morgan fingerprint density at radius 3 is 2.35 bits per heavy atom. The van der Waals surface area contributed by atoms with Crippen molar-refractivity contribution in [3.8, 4) is 0 Å². The van der Waals surface area contributed by atoms with Crippen LogP contribution < -0.4 is 5.46 Å². The number of hydrogen-bond donors (Lipinski definition) is 0. The van der Waals surface area contributed by atoms with E-state index < -0.39 is 0 Å². The molecule has 0 saturated carbocycles. The van der Waals surface area contributed by atoms with E-state index in [1.54, 1.807) is 30.8 Å². The second kappa shape index (κ2) is 6.44. The van der Waals surface area contributed by atoms with Gasteiger partial charge in [0, 0.05) is 10.6 Å². The fraction of sp³-hybridized carbons (Fsp3) is 0.250. The van der Waals surface area contributed by atoms with Gasteiger partial charge in [0.1, 0.15) is 11.6 Å². The van der Waals surface area contributed by atoms with Crippen molar-refractivity contribution < 1.29 is 8.78 Å². The van der Waals surface area contributed by atoms with Gasteiger partial charge in [-0.2, -0.15) is 0 Å². The lowest BCUT2D eigenvalue weighted by molar-refractivity contribution is 0.618. The second-order valence-electron chi connectivity index (χ2n) is 5.21. The van der Waals surface area contributed by atoms with Crippen LogP contribution >= 0.6 is 11.8 Å². The van der Waals surface area contributed by atoms with Crippen molar-refractivity contribution in [2.75, 3.05) is 0 Å². The van der Waals surface area contributed by atoms with Gasteiger partial charge in [-0.15, -0.1) is 11.8 Å². The molecule has 2 aromatic carbocycles. The SMILES string of the molecule is CB(C)c1ccc(SCc2ccc(F)c(C)c2)cc1F. The Balaban J connectivity index is 2.07. The fourth-order valence-electron chi connectivity index (χ4n) is 2.03. The summed E-state index contributed by atoms with van der Waals surface area (Å²) in [6, 6.07) is 10.5. The molecule has 4 heteroatoms. The highest BCUT2D eigenvalue weighted by Gasteiger charge is 2.10. The quantitative estimate of drug-likeness (QED) is 0.589. The van der Waals surface area contributed by atoms with Gasteiger partial charge in [0.2, 0.25) is 0 Å². The molecule has 0 aliphatic heterocycles. The van der Waals surface area contributed by atoms with Crippen LogP contribution in [0.4, 0.5) is 8.78 Å². The van der Waals surface area contributed by atoms with E-state index in [2.05, 4.69) is 0 Å². The molecule has 0 heterocycles. The maximum atomic E-state index is 13.9. The molecule has 2 aromatic rings. The van der Waals surface area contributed by atoms with Crippen LogP contribution in [0.1, 0.15) is 11.1 Å². The zero-order valence-electron chi connectivity index (χ0n) is 11.9. The van der Waals surface area contributed by atoms with Gasteiger partial charge < -0.3 is 0 Å². The van der Waals surface area contributed by atoms with E-state index in [0.717, 1.165) is 15.9 Å². The molecule has 20 heavy (non-hydrogen) atoms. The molecule has 104 valence electrons. The number of aryl methyl sites for hydroxylation is 1. The topological polar surface area (TPSA) is 0 Å². The van der Waals surface area contributed by atoms with E-state index in [4.69, 9.17) is 0 Å². The summed E-state index contributed by atoms with van der Waals surface area (Å²) in [5.41, 5.74) is 2.43. The molecular formula is C16H17BF2S. The molecule has 0 atom stereocenters. The first-order valence-electron chi connectivity index (χ1n) is 6.64. The summed E-state index contributed by atoms with van der Waals surface area (Å²) in [5, 5.41) is 0. The Bertz CT molecular complexity index is 611. The average molecular weight is 290 g/mol. The van der Waals surface area contributed by atoms with E-state index in [1.807, 2.05) is 31.8 Å². The highest BCUT2D eigenvalue weighted by atomic mass is 32.2. The van der Waals surface area contributed by atoms with Crippen LogP contribution in [0, 0.1) is 18.6 Å². The lowest BCUT2D eigenvalue weighted by atomic mass is 9.49. The molecule has 0 saturated heterocycles. The monoisotopic (exact) mass is 290 g/mol. The van der Waals surface area contributed by atoms with Gasteiger partial charge in [-0.05, 0) is 41.7 Å². The number of halogens is 2. The zero-order chi connectivity index (χ0) is 14.7. The average Bonchev–Trinajstić information content (AvgIpc) is 2.40. The highest BCUT2D eigenvalue weighted by Crippen LogP contribution is 2.24. The Morgan fingerprint density at radius 2 is 1.75 bits per heavy atom. The third kappa shape index (κ3) is 3.63. The number of benzene rings is 2. The maximum Gasteiger partial charge on any atom is 0.173 e. The van der Waals surface area contributed by atoms with Gasteiger partial charge in [0.05, 0.1) is 0 Å². The molecule has 0 amide bonds.